The Bertz CT molecular complexity index is 521. The number of hydrogen-bond donors (Lipinski definition) is 2. The molecule has 0 saturated carbocycles. The van der Waals surface area contributed by atoms with E-state index in [1.54, 1.807) is 28.8 Å². The minimum Gasteiger partial charge on any atom is -0.388 e. The van der Waals surface area contributed by atoms with Gasteiger partial charge >= 0.3 is 0 Å². The van der Waals surface area contributed by atoms with Gasteiger partial charge in [0.15, 0.2) is 5.82 Å². The minimum absolute atomic E-state index is 0.221. The number of nitrogens with two attached hydrogens (primary N) is 1. The maximum Gasteiger partial charge on any atom is 0.248 e. The molecule has 0 aliphatic rings. The highest BCUT2D eigenvalue weighted by atomic mass is 16.3. The monoisotopic (exact) mass is 218 g/mol. The van der Waals surface area contributed by atoms with Gasteiger partial charge in [0.2, 0.25) is 5.91 Å². The molecule has 6 heteroatoms. The van der Waals surface area contributed by atoms with E-state index < -0.39 is 5.91 Å². The quantitative estimate of drug-likeness (QED) is 0.749. The standard InChI is InChI=1S/C10H10N4O2/c11-10(16)7-2-1-3-8(4-7)14-6-12-13-9(14)5-15/h1-4,6,15H,5H2,(H2,11,16). The molecule has 0 bridgehead atoms. The fraction of sp³-hybridized carbons (Fsp3) is 0.100. The molecule has 1 amide bonds. The largest absolute Gasteiger partial charge is 0.388 e. The molecular weight excluding hydrogens is 208 g/mol. The molecule has 0 aliphatic carbocycles. The fourth-order valence-electron chi connectivity index (χ4n) is 1.39. The van der Waals surface area contributed by atoms with Gasteiger partial charge in [0.1, 0.15) is 12.9 Å². The number of aromatic nitrogens is 3. The third kappa shape index (κ3) is 1.78. The maximum atomic E-state index is 11.0. The smallest absolute Gasteiger partial charge is 0.248 e. The van der Waals surface area contributed by atoms with Crippen molar-refractivity contribution in [2.75, 3.05) is 0 Å². The molecule has 0 saturated heterocycles. The average Bonchev–Trinajstić information content (AvgIpc) is 2.77. The second-order valence-electron chi connectivity index (χ2n) is 3.19. The summed E-state index contributed by atoms with van der Waals surface area (Å²) in [7, 11) is 0. The number of amides is 1. The van der Waals surface area contributed by atoms with Crippen LogP contribution in [0.25, 0.3) is 5.69 Å². The van der Waals surface area contributed by atoms with Crippen LogP contribution in [-0.2, 0) is 6.61 Å². The molecule has 0 unspecified atom stereocenters. The van der Waals surface area contributed by atoms with Crippen molar-refractivity contribution in [3.8, 4) is 5.69 Å². The summed E-state index contributed by atoms with van der Waals surface area (Å²) in [6.07, 6.45) is 1.46. The van der Waals surface area contributed by atoms with Crippen LogP contribution in [0.2, 0.25) is 0 Å². The van der Waals surface area contributed by atoms with Crippen LogP contribution in [0.1, 0.15) is 16.2 Å². The molecule has 0 aliphatic heterocycles. The highest BCUT2D eigenvalue weighted by Gasteiger charge is 2.07. The third-order valence-corrected chi connectivity index (χ3v) is 2.17. The Morgan fingerprint density at radius 1 is 1.50 bits per heavy atom. The van der Waals surface area contributed by atoms with Gasteiger partial charge in [-0.1, -0.05) is 6.07 Å². The summed E-state index contributed by atoms with van der Waals surface area (Å²) in [5.74, 6) is -0.0953. The number of carbonyl (C=O) groups excluding carboxylic acids is 1. The number of hydrogen-bond acceptors (Lipinski definition) is 4. The van der Waals surface area contributed by atoms with Gasteiger partial charge in [-0.05, 0) is 18.2 Å². The first-order chi connectivity index (χ1) is 7.72. The van der Waals surface area contributed by atoms with E-state index in [0.29, 0.717) is 17.1 Å². The first-order valence-corrected chi connectivity index (χ1v) is 4.62. The molecule has 2 rings (SSSR count). The van der Waals surface area contributed by atoms with Crippen LogP contribution in [0.3, 0.4) is 0 Å². The Hall–Kier alpha value is -2.21. The van der Waals surface area contributed by atoms with Crippen LogP contribution in [0.5, 0.6) is 0 Å². The van der Waals surface area contributed by atoms with Crippen LogP contribution < -0.4 is 5.73 Å². The van der Waals surface area contributed by atoms with Crippen molar-refractivity contribution >= 4 is 5.91 Å². The molecule has 1 aromatic carbocycles. The zero-order chi connectivity index (χ0) is 11.5. The number of nitrogens with zero attached hydrogens (tertiary/aromatic N) is 3. The highest BCUT2D eigenvalue weighted by Crippen LogP contribution is 2.11. The Morgan fingerprint density at radius 3 is 3.00 bits per heavy atom. The summed E-state index contributed by atoms with van der Waals surface area (Å²) in [5, 5.41) is 16.4. The van der Waals surface area contributed by atoms with Crippen molar-refractivity contribution in [2.45, 2.75) is 6.61 Å². The Balaban J connectivity index is 2.48. The van der Waals surface area contributed by atoms with Crippen molar-refractivity contribution in [1.82, 2.24) is 14.8 Å². The molecule has 0 atom stereocenters. The van der Waals surface area contributed by atoms with Crippen LogP contribution in [-0.4, -0.2) is 25.8 Å². The van der Waals surface area contributed by atoms with Gasteiger partial charge in [-0.25, -0.2) is 0 Å². The maximum absolute atomic E-state index is 11.0. The van der Waals surface area contributed by atoms with Gasteiger partial charge in [0, 0.05) is 11.3 Å². The summed E-state index contributed by atoms with van der Waals surface area (Å²) in [6.45, 7) is -0.221. The van der Waals surface area contributed by atoms with Crippen molar-refractivity contribution in [3.63, 3.8) is 0 Å². The van der Waals surface area contributed by atoms with Crippen LogP contribution in [0, 0.1) is 0 Å². The molecular formula is C10H10N4O2. The molecule has 6 nitrogen and oxygen atoms in total. The van der Waals surface area contributed by atoms with E-state index in [-0.39, 0.29) is 6.61 Å². The number of carbonyl (C=O) groups is 1. The van der Waals surface area contributed by atoms with E-state index >= 15 is 0 Å². The summed E-state index contributed by atoms with van der Waals surface area (Å²) >= 11 is 0. The molecule has 2 aromatic rings. The Labute approximate surface area is 91.3 Å². The first-order valence-electron chi connectivity index (χ1n) is 4.62. The van der Waals surface area contributed by atoms with E-state index in [9.17, 15) is 4.79 Å². The minimum atomic E-state index is -0.500. The van der Waals surface area contributed by atoms with E-state index in [1.807, 2.05) is 0 Å². The Morgan fingerprint density at radius 2 is 2.31 bits per heavy atom. The van der Waals surface area contributed by atoms with E-state index in [1.165, 1.54) is 6.33 Å². The lowest BCUT2D eigenvalue weighted by Gasteiger charge is -2.05. The van der Waals surface area contributed by atoms with Crippen LogP contribution in [0.4, 0.5) is 0 Å². The average molecular weight is 218 g/mol. The molecule has 82 valence electrons. The second-order valence-corrected chi connectivity index (χ2v) is 3.19. The summed E-state index contributed by atoms with van der Waals surface area (Å²) in [5.41, 5.74) is 6.26. The van der Waals surface area contributed by atoms with Gasteiger partial charge in [0.25, 0.3) is 0 Å². The van der Waals surface area contributed by atoms with Gasteiger partial charge in [0.05, 0.1) is 0 Å². The fourth-order valence-corrected chi connectivity index (χ4v) is 1.39. The lowest BCUT2D eigenvalue weighted by atomic mass is 10.2. The van der Waals surface area contributed by atoms with Crippen molar-refractivity contribution in [2.24, 2.45) is 5.73 Å². The molecule has 1 heterocycles. The third-order valence-electron chi connectivity index (χ3n) is 2.17. The number of aliphatic hydroxyl groups excluding tert-OH is 1. The predicted octanol–water partition coefficient (Wildman–Crippen LogP) is -0.142. The number of aliphatic hydroxyl groups is 1. The van der Waals surface area contributed by atoms with E-state index in [4.69, 9.17) is 10.8 Å². The zero-order valence-electron chi connectivity index (χ0n) is 8.37. The second kappa shape index (κ2) is 4.11. The van der Waals surface area contributed by atoms with Gasteiger partial charge in [-0.2, -0.15) is 0 Å². The first kappa shape index (κ1) is 10.3. The molecule has 3 N–H and O–H groups in total. The highest BCUT2D eigenvalue weighted by molar-refractivity contribution is 5.93. The molecule has 16 heavy (non-hydrogen) atoms. The van der Waals surface area contributed by atoms with Gasteiger partial charge in [-0.3, -0.25) is 9.36 Å². The lowest BCUT2D eigenvalue weighted by molar-refractivity contribution is 0.100. The molecule has 0 fully saturated rings. The molecule has 1 aromatic heterocycles. The SMILES string of the molecule is NC(=O)c1cccc(-n2cnnc2CO)c1. The van der Waals surface area contributed by atoms with Crippen LogP contribution >= 0.6 is 0 Å². The molecule has 0 spiro atoms. The zero-order valence-corrected chi connectivity index (χ0v) is 8.37. The normalized spacial score (nSPS) is 10.3. The van der Waals surface area contributed by atoms with Crippen LogP contribution in [0.15, 0.2) is 30.6 Å². The topological polar surface area (TPSA) is 94.0 Å². The lowest BCUT2D eigenvalue weighted by Crippen LogP contribution is -2.11. The number of primary amides is 1. The van der Waals surface area contributed by atoms with E-state index in [0.717, 1.165) is 0 Å². The van der Waals surface area contributed by atoms with Crippen molar-refractivity contribution in [1.29, 1.82) is 0 Å². The summed E-state index contributed by atoms with van der Waals surface area (Å²) < 4.78 is 1.59. The number of rotatable bonds is 3. The summed E-state index contributed by atoms with van der Waals surface area (Å²) in [4.78, 5) is 11.0. The van der Waals surface area contributed by atoms with Crippen molar-refractivity contribution < 1.29 is 9.90 Å². The summed E-state index contributed by atoms with van der Waals surface area (Å²) in [6, 6.07) is 6.71. The van der Waals surface area contributed by atoms with Gasteiger partial charge < -0.3 is 10.8 Å². The predicted molar refractivity (Wildman–Crippen MR) is 55.8 cm³/mol. The Kier molecular flexibility index (Phi) is 2.65. The number of benzene rings is 1. The van der Waals surface area contributed by atoms with E-state index in [2.05, 4.69) is 10.2 Å². The van der Waals surface area contributed by atoms with Gasteiger partial charge in [-0.15, -0.1) is 10.2 Å². The van der Waals surface area contributed by atoms with Crippen molar-refractivity contribution in [3.05, 3.63) is 42.0 Å². The molecule has 0 radical (unpaired) electrons.